The molecule has 1 rings (SSSR count). The number of hydrogen-bond donors (Lipinski definition) is 2. The molecular formula is C12H16N2O3. The summed E-state index contributed by atoms with van der Waals surface area (Å²) >= 11 is 0. The van der Waals surface area contributed by atoms with Gasteiger partial charge in [0.05, 0.1) is 6.61 Å². The Morgan fingerprint density at radius 2 is 1.94 bits per heavy atom. The molecule has 92 valence electrons. The lowest BCUT2D eigenvalue weighted by Crippen LogP contribution is -2.30. The van der Waals surface area contributed by atoms with Gasteiger partial charge in [-0.05, 0) is 24.6 Å². The molecule has 0 radical (unpaired) electrons. The van der Waals surface area contributed by atoms with Crippen LogP contribution in [0.15, 0.2) is 24.3 Å². The van der Waals surface area contributed by atoms with Crippen molar-refractivity contribution in [3.8, 4) is 0 Å². The molecule has 5 heteroatoms. The molecule has 0 spiro atoms. The predicted octanol–water partition coefficient (Wildman–Crippen LogP) is 0.438. The zero-order chi connectivity index (χ0) is 12.7. The number of hydrogen-bond acceptors (Lipinski definition) is 4. The summed E-state index contributed by atoms with van der Waals surface area (Å²) in [6, 6.07) is 6.89. The minimum Gasteiger partial charge on any atom is -0.465 e. The highest BCUT2D eigenvalue weighted by molar-refractivity contribution is 5.95. The summed E-state index contributed by atoms with van der Waals surface area (Å²) in [5.74, 6) is -0.749. The van der Waals surface area contributed by atoms with Crippen LogP contribution in [0.2, 0.25) is 0 Å². The van der Waals surface area contributed by atoms with Gasteiger partial charge in [0, 0.05) is 12.1 Å². The number of carbonyl (C=O) groups excluding carboxylic acids is 2. The molecule has 0 aromatic heterocycles. The number of rotatable bonds is 5. The van der Waals surface area contributed by atoms with Gasteiger partial charge in [-0.1, -0.05) is 12.1 Å². The summed E-state index contributed by atoms with van der Waals surface area (Å²) < 4.78 is 4.69. The highest BCUT2D eigenvalue weighted by Crippen LogP contribution is 2.03. The third kappa shape index (κ3) is 4.24. The van der Waals surface area contributed by atoms with Crippen molar-refractivity contribution >= 4 is 11.9 Å². The first-order chi connectivity index (χ1) is 8.17. The van der Waals surface area contributed by atoms with Crippen LogP contribution in [0.5, 0.6) is 0 Å². The van der Waals surface area contributed by atoms with Crippen molar-refractivity contribution in [2.75, 3.05) is 13.2 Å². The first-order valence-electron chi connectivity index (χ1n) is 5.40. The van der Waals surface area contributed by atoms with E-state index in [-0.39, 0.29) is 12.5 Å². The van der Waals surface area contributed by atoms with Gasteiger partial charge >= 0.3 is 5.97 Å². The van der Waals surface area contributed by atoms with E-state index in [2.05, 4.69) is 5.32 Å². The largest absolute Gasteiger partial charge is 0.465 e. The molecule has 0 unspecified atom stereocenters. The van der Waals surface area contributed by atoms with E-state index in [1.54, 1.807) is 31.2 Å². The number of carbonyl (C=O) groups is 2. The lowest BCUT2D eigenvalue weighted by Gasteiger charge is -2.05. The predicted molar refractivity (Wildman–Crippen MR) is 63.3 cm³/mol. The smallest absolute Gasteiger partial charge is 0.325 e. The first kappa shape index (κ1) is 13.2. The van der Waals surface area contributed by atoms with Gasteiger partial charge in [-0.25, -0.2) is 0 Å². The van der Waals surface area contributed by atoms with Crippen molar-refractivity contribution in [3.05, 3.63) is 35.4 Å². The molecule has 0 saturated carbocycles. The summed E-state index contributed by atoms with van der Waals surface area (Å²) in [6.07, 6.45) is 0. The van der Waals surface area contributed by atoms with E-state index >= 15 is 0 Å². The Morgan fingerprint density at radius 3 is 2.47 bits per heavy atom. The second kappa shape index (κ2) is 6.65. The molecule has 1 aromatic carbocycles. The van der Waals surface area contributed by atoms with Crippen LogP contribution >= 0.6 is 0 Å². The normalized spacial score (nSPS) is 9.76. The molecule has 0 aliphatic rings. The number of ether oxygens (including phenoxy) is 1. The summed E-state index contributed by atoms with van der Waals surface area (Å²) in [5, 5.41) is 2.48. The summed E-state index contributed by atoms with van der Waals surface area (Å²) in [6.45, 7) is 2.33. The summed E-state index contributed by atoms with van der Waals surface area (Å²) in [7, 11) is 0. The number of esters is 1. The summed E-state index contributed by atoms with van der Waals surface area (Å²) in [4.78, 5) is 22.6. The van der Waals surface area contributed by atoms with Crippen LogP contribution in [0.4, 0.5) is 0 Å². The Balaban J connectivity index is 2.49. The van der Waals surface area contributed by atoms with Crippen LogP contribution in [0, 0.1) is 0 Å². The van der Waals surface area contributed by atoms with E-state index in [1.807, 2.05) is 0 Å². The molecule has 17 heavy (non-hydrogen) atoms. The van der Waals surface area contributed by atoms with Crippen LogP contribution in [0.3, 0.4) is 0 Å². The average Bonchev–Trinajstić information content (AvgIpc) is 2.36. The molecule has 1 amide bonds. The maximum Gasteiger partial charge on any atom is 0.325 e. The molecule has 0 bridgehead atoms. The molecule has 5 nitrogen and oxygen atoms in total. The SMILES string of the molecule is CCOC(=O)CNC(=O)c1ccc(CN)cc1. The van der Waals surface area contributed by atoms with Crippen molar-refractivity contribution in [1.82, 2.24) is 5.32 Å². The standard InChI is InChI=1S/C12H16N2O3/c1-2-17-11(15)8-14-12(16)10-5-3-9(7-13)4-6-10/h3-6H,2,7-8,13H2,1H3,(H,14,16). The van der Waals surface area contributed by atoms with Crippen molar-refractivity contribution in [2.45, 2.75) is 13.5 Å². The Kier molecular flexibility index (Phi) is 5.16. The van der Waals surface area contributed by atoms with E-state index in [0.29, 0.717) is 18.7 Å². The fourth-order valence-corrected chi connectivity index (χ4v) is 1.26. The quantitative estimate of drug-likeness (QED) is 0.727. The van der Waals surface area contributed by atoms with Crippen molar-refractivity contribution in [2.24, 2.45) is 5.73 Å². The Labute approximate surface area is 99.9 Å². The molecule has 0 aliphatic carbocycles. The summed E-state index contributed by atoms with van der Waals surface area (Å²) in [5.41, 5.74) is 6.89. The van der Waals surface area contributed by atoms with Crippen LogP contribution < -0.4 is 11.1 Å². The maximum atomic E-state index is 11.6. The second-order valence-electron chi connectivity index (χ2n) is 3.39. The topological polar surface area (TPSA) is 81.4 Å². The zero-order valence-electron chi connectivity index (χ0n) is 9.73. The first-order valence-corrected chi connectivity index (χ1v) is 5.40. The van der Waals surface area contributed by atoms with E-state index in [0.717, 1.165) is 5.56 Å². The minimum absolute atomic E-state index is 0.120. The molecular weight excluding hydrogens is 220 g/mol. The number of amides is 1. The van der Waals surface area contributed by atoms with Gasteiger partial charge in [0.2, 0.25) is 0 Å². The molecule has 0 fully saturated rings. The third-order valence-electron chi connectivity index (χ3n) is 2.15. The molecule has 0 atom stereocenters. The minimum atomic E-state index is -0.445. The van der Waals surface area contributed by atoms with Gasteiger partial charge < -0.3 is 15.8 Å². The van der Waals surface area contributed by atoms with Gasteiger partial charge in [-0.3, -0.25) is 9.59 Å². The van der Waals surface area contributed by atoms with Gasteiger partial charge in [-0.2, -0.15) is 0 Å². The van der Waals surface area contributed by atoms with Crippen molar-refractivity contribution in [3.63, 3.8) is 0 Å². The molecule has 0 aliphatic heterocycles. The monoisotopic (exact) mass is 236 g/mol. The van der Waals surface area contributed by atoms with Crippen LogP contribution in [0.25, 0.3) is 0 Å². The average molecular weight is 236 g/mol. The van der Waals surface area contributed by atoms with E-state index in [4.69, 9.17) is 10.5 Å². The Hall–Kier alpha value is -1.88. The molecule has 0 heterocycles. The highest BCUT2D eigenvalue weighted by Gasteiger charge is 2.07. The van der Waals surface area contributed by atoms with Crippen LogP contribution in [-0.4, -0.2) is 25.0 Å². The Morgan fingerprint density at radius 1 is 1.29 bits per heavy atom. The zero-order valence-corrected chi connectivity index (χ0v) is 9.73. The molecule has 0 saturated heterocycles. The van der Waals surface area contributed by atoms with Gasteiger partial charge in [0.25, 0.3) is 5.91 Å². The lowest BCUT2D eigenvalue weighted by molar-refractivity contribution is -0.141. The number of nitrogens with one attached hydrogen (secondary N) is 1. The fraction of sp³-hybridized carbons (Fsp3) is 0.333. The van der Waals surface area contributed by atoms with Gasteiger partial charge in [0.15, 0.2) is 0 Å². The van der Waals surface area contributed by atoms with E-state index < -0.39 is 5.97 Å². The number of benzene rings is 1. The van der Waals surface area contributed by atoms with Crippen LogP contribution in [-0.2, 0) is 16.1 Å². The second-order valence-corrected chi connectivity index (χ2v) is 3.39. The van der Waals surface area contributed by atoms with Gasteiger partial charge in [-0.15, -0.1) is 0 Å². The van der Waals surface area contributed by atoms with Crippen molar-refractivity contribution in [1.29, 1.82) is 0 Å². The van der Waals surface area contributed by atoms with Gasteiger partial charge in [0.1, 0.15) is 6.54 Å². The Bertz CT molecular complexity index is 387. The van der Waals surface area contributed by atoms with Crippen LogP contribution in [0.1, 0.15) is 22.8 Å². The van der Waals surface area contributed by atoms with E-state index in [1.165, 1.54) is 0 Å². The molecule has 3 N–H and O–H groups in total. The molecule has 1 aromatic rings. The maximum absolute atomic E-state index is 11.6. The third-order valence-corrected chi connectivity index (χ3v) is 2.15. The fourth-order valence-electron chi connectivity index (χ4n) is 1.26. The highest BCUT2D eigenvalue weighted by atomic mass is 16.5. The van der Waals surface area contributed by atoms with E-state index in [9.17, 15) is 9.59 Å². The lowest BCUT2D eigenvalue weighted by atomic mass is 10.1. The number of nitrogens with two attached hydrogens (primary N) is 1. The van der Waals surface area contributed by atoms with Crippen molar-refractivity contribution < 1.29 is 14.3 Å².